The molecule has 0 aliphatic carbocycles. The van der Waals surface area contributed by atoms with Gasteiger partial charge in [0.25, 0.3) is 0 Å². The fourth-order valence-electron chi connectivity index (χ4n) is 1.32. The van der Waals surface area contributed by atoms with Crippen LogP contribution >= 0.6 is 11.6 Å². The van der Waals surface area contributed by atoms with Gasteiger partial charge in [-0.25, -0.2) is 0 Å². The maximum absolute atomic E-state index is 5.88. The number of rotatable bonds is 7. The summed E-state index contributed by atoms with van der Waals surface area (Å²) in [5, 5.41) is 3.35. The van der Waals surface area contributed by atoms with Crippen molar-refractivity contribution < 1.29 is 0 Å². The van der Waals surface area contributed by atoms with E-state index in [-0.39, 0.29) is 5.28 Å². The second kappa shape index (κ2) is 7.27. The number of nitrogens with one attached hydrogen (secondary N) is 1. The Morgan fingerprint density at radius 1 is 1.18 bits per heavy atom. The molecule has 1 aromatic rings. The van der Waals surface area contributed by atoms with Crippen molar-refractivity contribution in [2.75, 3.05) is 30.4 Å². The van der Waals surface area contributed by atoms with Gasteiger partial charge in [-0.1, -0.05) is 20.3 Å². The Labute approximate surface area is 108 Å². The van der Waals surface area contributed by atoms with Crippen LogP contribution in [0.15, 0.2) is 0 Å². The molecule has 1 aromatic heterocycles. The molecule has 0 radical (unpaired) electrons. The van der Waals surface area contributed by atoms with Crippen LogP contribution in [-0.4, -0.2) is 35.1 Å². The quantitative estimate of drug-likeness (QED) is 0.814. The first-order chi connectivity index (χ1) is 8.17. The molecule has 0 bridgehead atoms. The molecule has 0 amide bonds. The molecular weight excluding hydrogens is 238 g/mol. The van der Waals surface area contributed by atoms with E-state index in [9.17, 15) is 0 Å². The molecule has 6 heteroatoms. The van der Waals surface area contributed by atoms with Crippen LogP contribution < -0.4 is 10.2 Å². The molecule has 0 spiro atoms. The molecule has 0 saturated heterocycles. The van der Waals surface area contributed by atoms with E-state index in [0.717, 1.165) is 32.4 Å². The van der Waals surface area contributed by atoms with Gasteiger partial charge in [-0.05, 0) is 24.4 Å². The monoisotopic (exact) mass is 257 g/mol. The van der Waals surface area contributed by atoms with Crippen molar-refractivity contribution in [3.8, 4) is 0 Å². The maximum atomic E-state index is 5.88. The molecule has 0 unspecified atom stereocenters. The molecule has 96 valence electrons. The van der Waals surface area contributed by atoms with E-state index >= 15 is 0 Å². The first-order valence-electron chi connectivity index (χ1n) is 6.04. The Hall–Kier alpha value is -1.10. The van der Waals surface area contributed by atoms with E-state index in [1.165, 1.54) is 0 Å². The number of halogens is 1. The highest BCUT2D eigenvalue weighted by molar-refractivity contribution is 6.28. The van der Waals surface area contributed by atoms with Gasteiger partial charge in [0.15, 0.2) is 0 Å². The molecule has 5 nitrogen and oxygen atoms in total. The van der Waals surface area contributed by atoms with Crippen molar-refractivity contribution >= 4 is 23.5 Å². The predicted octanol–water partition coefficient (Wildman–Crippen LogP) is 2.58. The van der Waals surface area contributed by atoms with E-state index in [2.05, 4.69) is 34.1 Å². The Morgan fingerprint density at radius 2 is 1.94 bits per heavy atom. The number of anilines is 2. The van der Waals surface area contributed by atoms with Gasteiger partial charge in [-0.3, -0.25) is 0 Å². The summed E-state index contributed by atoms with van der Waals surface area (Å²) in [5.41, 5.74) is 0. The molecular formula is C11H20ClN5. The van der Waals surface area contributed by atoms with E-state index in [4.69, 9.17) is 11.6 Å². The van der Waals surface area contributed by atoms with Crippen LogP contribution in [-0.2, 0) is 0 Å². The minimum atomic E-state index is 0.233. The molecule has 0 atom stereocenters. The van der Waals surface area contributed by atoms with E-state index in [1.54, 1.807) is 0 Å². The van der Waals surface area contributed by atoms with Gasteiger partial charge in [0.1, 0.15) is 0 Å². The molecule has 0 aliphatic heterocycles. The summed E-state index contributed by atoms with van der Waals surface area (Å²) in [7, 11) is 1.96. The van der Waals surface area contributed by atoms with Gasteiger partial charge in [0.05, 0.1) is 0 Å². The van der Waals surface area contributed by atoms with Crippen LogP contribution in [0.2, 0.25) is 5.28 Å². The van der Waals surface area contributed by atoms with Crippen LogP contribution in [0.3, 0.4) is 0 Å². The van der Waals surface area contributed by atoms with Crippen LogP contribution in [0, 0.1) is 0 Å². The van der Waals surface area contributed by atoms with E-state index in [1.807, 2.05) is 11.9 Å². The summed E-state index contributed by atoms with van der Waals surface area (Å²) in [6, 6.07) is 0. The van der Waals surface area contributed by atoms with Crippen LogP contribution in [0.4, 0.5) is 11.9 Å². The number of hydrogen-bond donors (Lipinski definition) is 1. The minimum Gasteiger partial charge on any atom is -0.354 e. The molecule has 0 fully saturated rings. The number of nitrogens with zero attached hydrogens (tertiary/aromatic N) is 4. The normalized spacial score (nSPS) is 10.4. The van der Waals surface area contributed by atoms with Crippen molar-refractivity contribution in [2.45, 2.75) is 33.1 Å². The van der Waals surface area contributed by atoms with Crippen molar-refractivity contribution in [3.63, 3.8) is 0 Å². The fraction of sp³-hybridized carbons (Fsp3) is 0.727. The zero-order chi connectivity index (χ0) is 12.7. The van der Waals surface area contributed by atoms with Crippen LogP contribution in [0.1, 0.15) is 33.1 Å². The van der Waals surface area contributed by atoms with Gasteiger partial charge < -0.3 is 10.2 Å². The van der Waals surface area contributed by atoms with E-state index in [0.29, 0.717) is 11.9 Å². The Bertz CT molecular complexity index is 345. The Kier molecular flexibility index (Phi) is 5.97. The number of unbranched alkanes of at least 4 members (excludes halogenated alkanes) is 1. The van der Waals surface area contributed by atoms with Crippen LogP contribution in [0.5, 0.6) is 0 Å². The largest absolute Gasteiger partial charge is 0.354 e. The van der Waals surface area contributed by atoms with Crippen molar-refractivity contribution in [1.29, 1.82) is 0 Å². The smallest absolute Gasteiger partial charge is 0.231 e. The van der Waals surface area contributed by atoms with Gasteiger partial charge in [0.2, 0.25) is 17.2 Å². The summed E-state index contributed by atoms with van der Waals surface area (Å²) < 4.78 is 0. The molecule has 0 aromatic carbocycles. The average Bonchev–Trinajstić information content (AvgIpc) is 2.32. The zero-order valence-corrected chi connectivity index (χ0v) is 11.5. The lowest BCUT2D eigenvalue weighted by Crippen LogP contribution is -2.22. The average molecular weight is 258 g/mol. The van der Waals surface area contributed by atoms with Gasteiger partial charge in [0, 0.05) is 20.1 Å². The van der Waals surface area contributed by atoms with Gasteiger partial charge in [-0.2, -0.15) is 15.0 Å². The number of aromatic nitrogens is 3. The highest BCUT2D eigenvalue weighted by Gasteiger charge is 2.08. The second-order valence-electron chi connectivity index (χ2n) is 3.93. The minimum absolute atomic E-state index is 0.233. The first kappa shape index (κ1) is 14.0. The van der Waals surface area contributed by atoms with Gasteiger partial charge >= 0.3 is 0 Å². The molecule has 1 heterocycles. The molecule has 1 rings (SSSR count). The highest BCUT2D eigenvalue weighted by atomic mass is 35.5. The standard InChI is InChI=1S/C11H20ClN5/c1-4-6-8-17(3)11-15-9(12)14-10(16-11)13-7-5-2/h4-8H2,1-3H3,(H,13,14,15,16). The SMILES string of the molecule is CCCCN(C)c1nc(Cl)nc(NCCC)n1. The fourth-order valence-corrected chi connectivity index (χ4v) is 1.48. The summed E-state index contributed by atoms with van der Waals surface area (Å²) >= 11 is 5.88. The lowest BCUT2D eigenvalue weighted by molar-refractivity contribution is 0.747. The van der Waals surface area contributed by atoms with Crippen molar-refractivity contribution in [1.82, 2.24) is 15.0 Å². The first-order valence-corrected chi connectivity index (χ1v) is 6.41. The molecule has 1 N–H and O–H groups in total. The van der Waals surface area contributed by atoms with E-state index < -0.39 is 0 Å². The highest BCUT2D eigenvalue weighted by Crippen LogP contribution is 2.13. The number of hydrogen-bond acceptors (Lipinski definition) is 5. The topological polar surface area (TPSA) is 53.9 Å². The third-order valence-electron chi connectivity index (χ3n) is 2.32. The van der Waals surface area contributed by atoms with Crippen LogP contribution in [0.25, 0.3) is 0 Å². The summed E-state index contributed by atoms with van der Waals surface area (Å²) in [6.45, 7) is 6.00. The summed E-state index contributed by atoms with van der Waals surface area (Å²) in [5.74, 6) is 1.17. The molecule has 0 saturated carbocycles. The van der Waals surface area contributed by atoms with Crippen molar-refractivity contribution in [3.05, 3.63) is 5.28 Å². The maximum Gasteiger partial charge on any atom is 0.231 e. The lowest BCUT2D eigenvalue weighted by atomic mass is 10.3. The molecule has 0 aliphatic rings. The third-order valence-corrected chi connectivity index (χ3v) is 2.49. The van der Waals surface area contributed by atoms with Gasteiger partial charge in [-0.15, -0.1) is 0 Å². The van der Waals surface area contributed by atoms with Crippen molar-refractivity contribution in [2.24, 2.45) is 0 Å². The second-order valence-corrected chi connectivity index (χ2v) is 4.27. The predicted molar refractivity (Wildman–Crippen MR) is 71.8 cm³/mol. The Balaban J connectivity index is 2.73. The summed E-state index contributed by atoms with van der Waals surface area (Å²) in [4.78, 5) is 14.5. The Morgan fingerprint density at radius 3 is 2.59 bits per heavy atom. The summed E-state index contributed by atoms with van der Waals surface area (Å²) in [6.07, 6.45) is 3.27. The third kappa shape index (κ3) is 4.73. The molecule has 17 heavy (non-hydrogen) atoms. The lowest BCUT2D eigenvalue weighted by Gasteiger charge is -2.17. The zero-order valence-electron chi connectivity index (χ0n) is 10.7.